The quantitative estimate of drug-likeness (QED) is 0.214. The Morgan fingerprint density at radius 3 is 1.72 bits per heavy atom. The Kier molecular flexibility index (Phi) is 6.01. The smallest absolute Gasteiger partial charge is 0.164 e. The van der Waals surface area contributed by atoms with Crippen molar-refractivity contribution in [3.8, 4) is 51.1 Å². The Bertz CT molecular complexity index is 2170. The van der Waals surface area contributed by atoms with Crippen LogP contribution in [0, 0.1) is 0 Å². The van der Waals surface area contributed by atoms with Gasteiger partial charge in [0.2, 0.25) is 0 Å². The lowest BCUT2D eigenvalue weighted by molar-refractivity contribution is 0.915. The van der Waals surface area contributed by atoms with Crippen LogP contribution < -0.4 is 0 Å². The fraction of sp³-hybridized carbons (Fsp3) is 0. The number of fused-ring (bicyclic) bond motifs is 2. The number of aromatic nitrogens is 6. The molecule has 0 saturated carbocycles. The van der Waals surface area contributed by atoms with E-state index in [1.54, 1.807) is 12.4 Å². The third kappa shape index (κ3) is 4.61. The molecule has 0 spiro atoms. The van der Waals surface area contributed by atoms with E-state index in [1.807, 2.05) is 77.5 Å². The molecule has 0 N–H and O–H groups in total. The summed E-state index contributed by atoms with van der Waals surface area (Å²) in [4.78, 5) is 18.8. The monoisotopic (exact) mass is 552 g/mol. The molecule has 202 valence electrons. The summed E-state index contributed by atoms with van der Waals surface area (Å²) in [5.74, 6) is 1.81. The molecule has 0 fully saturated rings. The van der Waals surface area contributed by atoms with Gasteiger partial charge in [0.15, 0.2) is 17.5 Å². The normalized spacial score (nSPS) is 11.3. The van der Waals surface area contributed by atoms with E-state index in [9.17, 15) is 0 Å². The highest BCUT2D eigenvalue weighted by Gasteiger charge is 2.17. The lowest BCUT2D eigenvalue weighted by Gasteiger charge is -2.09. The van der Waals surface area contributed by atoms with Crippen molar-refractivity contribution in [2.75, 3.05) is 0 Å². The summed E-state index contributed by atoms with van der Waals surface area (Å²) in [5, 5.41) is 8.60. The SMILES string of the molecule is c1ccc(-c2nc(-c3ccncc3)nc(-c3cccc(-c4nn(-c5ccccc5)c5cc6ccccc6cc45)c3)n2)cc1. The Morgan fingerprint density at radius 2 is 1.00 bits per heavy atom. The van der Waals surface area contributed by atoms with E-state index in [2.05, 4.69) is 65.6 Å². The summed E-state index contributed by atoms with van der Waals surface area (Å²) in [6.07, 6.45) is 3.50. The second-order valence-electron chi connectivity index (χ2n) is 10.3. The second-order valence-corrected chi connectivity index (χ2v) is 10.3. The molecular weight excluding hydrogens is 528 g/mol. The maximum Gasteiger partial charge on any atom is 0.164 e. The van der Waals surface area contributed by atoms with Gasteiger partial charge >= 0.3 is 0 Å². The minimum absolute atomic E-state index is 0.597. The van der Waals surface area contributed by atoms with Gasteiger partial charge in [-0.3, -0.25) is 4.98 Å². The first-order valence-electron chi connectivity index (χ1n) is 14.1. The van der Waals surface area contributed by atoms with Gasteiger partial charge in [-0.15, -0.1) is 0 Å². The largest absolute Gasteiger partial charge is 0.265 e. The van der Waals surface area contributed by atoms with Gasteiger partial charge in [-0.1, -0.05) is 91.0 Å². The summed E-state index contributed by atoms with van der Waals surface area (Å²) < 4.78 is 2.03. The fourth-order valence-corrected chi connectivity index (χ4v) is 5.44. The number of pyridine rings is 1. The van der Waals surface area contributed by atoms with Crippen LogP contribution in [0.15, 0.2) is 146 Å². The standard InChI is InChI=1S/C37H24N6/c1-3-10-25(11-4-1)35-39-36(26-18-20-38-21-19-26)41-37(40-35)30-15-9-14-29(22-30)34-32-23-27-12-7-8-13-28(27)24-33(32)43(42-34)31-16-5-2-6-17-31/h1-24H. The average molecular weight is 553 g/mol. The lowest BCUT2D eigenvalue weighted by atomic mass is 10.0. The van der Waals surface area contributed by atoms with Crippen molar-refractivity contribution >= 4 is 21.7 Å². The molecule has 3 heterocycles. The van der Waals surface area contributed by atoms with E-state index >= 15 is 0 Å². The fourth-order valence-electron chi connectivity index (χ4n) is 5.44. The maximum atomic E-state index is 5.17. The molecule has 0 bridgehead atoms. The van der Waals surface area contributed by atoms with Gasteiger partial charge in [-0.25, -0.2) is 19.6 Å². The predicted octanol–water partition coefficient (Wildman–Crippen LogP) is 8.43. The third-order valence-electron chi connectivity index (χ3n) is 7.55. The van der Waals surface area contributed by atoms with Crippen LogP contribution in [-0.2, 0) is 0 Å². The van der Waals surface area contributed by atoms with E-state index in [0.717, 1.165) is 44.5 Å². The third-order valence-corrected chi connectivity index (χ3v) is 7.55. The van der Waals surface area contributed by atoms with Crippen molar-refractivity contribution in [3.63, 3.8) is 0 Å². The summed E-state index contributed by atoms with van der Waals surface area (Å²) in [5.41, 5.74) is 6.64. The predicted molar refractivity (Wildman–Crippen MR) is 171 cm³/mol. The summed E-state index contributed by atoms with van der Waals surface area (Å²) >= 11 is 0. The van der Waals surface area contributed by atoms with Crippen molar-refractivity contribution in [2.24, 2.45) is 0 Å². The number of nitrogens with zero attached hydrogens (tertiary/aromatic N) is 6. The van der Waals surface area contributed by atoms with E-state index in [0.29, 0.717) is 17.5 Å². The van der Waals surface area contributed by atoms with Crippen LogP contribution in [0.1, 0.15) is 0 Å². The van der Waals surface area contributed by atoms with E-state index in [4.69, 9.17) is 20.1 Å². The zero-order chi connectivity index (χ0) is 28.6. The first-order chi connectivity index (χ1) is 21.3. The van der Waals surface area contributed by atoms with E-state index < -0.39 is 0 Å². The Balaban J connectivity index is 1.32. The molecule has 0 aliphatic rings. The van der Waals surface area contributed by atoms with Crippen LogP contribution in [0.5, 0.6) is 0 Å². The van der Waals surface area contributed by atoms with E-state index in [1.165, 1.54) is 10.8 Å². The van der Waals surface area contributed by atoms with Gasteiger partial charge in [-0.2, -0.15) is 5.10 Å². The Labute approximate surface area is 248 Å². The van der Waals surface area contributed by atoms with Gasteiger partial charge in [0.05, 0.1) is 11.2 Å². The minimum atomic E-state index is 0.597. The van der Waals surface area contributed by atoms with Crippen molar-refractivity contribution in [1.82, 2.24) is 29.7 Å². The van der Waals surface area contributed by atoms with Crippen LogP contribution in [-0.4, -0.2) is 29.7 Å². The highest BCUT2D eigenvalue weighted by Crippen LogP contribution is 2.35. The number of hydrogen-bond acceptors (Lipinski definition) is 5. The van der Waals surface area contributed by atoms with Crippen LogP contribution in [0.2, 0.25) is 0 Å². The Hall–Kier alpha value is -6.01. The van der Waals surface area contributed by atoms with Crippen LogP contribution in [0.25, 0.3) is 72.8 Å². The summed E-state index contributed by atoms with van der Waals surface area (Å²) in [6, 6.07) is 45.2. The van der Waals surface area contributed by atoms with Gasteiger partial charge in [0.1, 0.15) is 5.69 Å². The molecule has 5 aromatic carbocycles. The van der Waals surface area contributed by atoms with Crippen molar-refractivity contribution < 1.29 is 0 Å². The number of benzene rings is 5. The molecule has 43 heavy (non-hydrogen) atoms. The molecule has 0 amide bonds. The Morgan fingerprint density at radius 1 is 0.442 bits per heavy atom. The number of hydrogen-bond donors (Lipinski definition) is 0. The molecule has 0 atom stereocenters. The first kappa shape index (κ1) is 24.8. The number of para-hydroxylation sites is 1. The molecule has 8 rings (SSSR count). The van der Waals surface area contributed by atoms with Crippen molar-refractivity contribution in [1.29, 1.82) is 0 Å². The van der Waals surface area contributed by atoms with Gasteiger partial charge in [0, 0.05) is 40.0 Å². The molecule has 0 radical (unpaired) electrons. The van der Waals surface area contributed by atoms with Crippen molar-refractivity contribution in [2.45, 2.75) is 0 Å². The highest BCUT2D eigenvalue weighted by atomic mass is 15.3. The maximum absolute atomic E-state index is 5.17. The second kappa shape index (κ2) is 10.4. The van der Waals surface area contributed by atoms with Crippen LogP contribution in [0.3, 0.4) is 0 Å². The van der Waals surface area contributed by atoms with Gasteiger partial charge in [-0.05, 0) is 53.2 Å². The van der Waals surface area contributed by atoms with Gasteiger partial charge in [0.25, 0.3) is 0 Å². The first-order valence-corrected chi connectivity index (χ1v) is 14.1. The van der Waals surface area contributed by atoms with Crippen LogP contribution >= 0.6 is 0 Å². The minimum Gasteiger partial charge on any atom is -0.265 e. The zero-order valence-electron chi connectivity index (χ0n) is 23.0. The molecule has 6 nitrogen and oxygen atoms in total. The molecule has 3 aromatic heterocycles. The molecule has 8 aromatic rings. The topological polar surface area (TPSA) is 69.4 Å². The average Bonchev–Trinajstić information content (AvgIpc) is 3.46. The number of rotatable bonds is 5. The van der Waals surface area contributed by atoms with Crippen LogP contribution in [0.4, 0.5) is 0 Å². The summed E-state index contributed by atoms with van der Waals surface area (Å²) in [6.45, 7) is 0. The molecule has 0 saturated heterocycles. The molecule has 0 unspecified atom stereocenters. The molecule has 0 aliphatic carbocycles. The lowest BCUT2D eigenvalue weighted by Crippen LogP contribution is -2.00. The van der Waals surface area contributed by atoms with E-state index in [-0.39, 0.29) is 0 Å². The van der Waals surface area contributed by atoms with Crippen molar-refractivity contribution in [3.05, 3.63) is 146 Å². The molecule has 0 aliphatic heterocycles. The summed E-state index contributed by atoms with van der Waals surface area (Å²) in [7, 11) is 0. The molecular formula is C37H24N6. The molecule has 6 heteroatoms. The highest BCUT2D eigenvalue weighted by molar-refractivity contribution is 6.03. The van der Waals surface area contributed by atoms with Gasteiger partial charge < -0.3 is 0 Å². The zero-order valence-corrected chi connectivity index (χ0v) is 23.0.